The Morgan fingerprint density at radius 3 is 2.38 bits per heavy atom. The van der Waals surface area contributed by atoms with Gasteiger partial charge in [0.2, 0.25) is 0 Å². The molecule has 84 valence electrons. The third-order valence-corrected chi connectivity index (χ3v) is 2.97. The van der Waals surface area contributed by atoms with Gasteiger partial charge in [-0.15, -0.1) is 0 Å². The Morgan fingerprint density at radius 1 is 1.19 bits per heavy atom. The molecular weight excluding hydrogens is 204 g/mol. The summed E-state index contributed by atoms with van der Waals surface area (Å²) in [5.41, 5.74) is 1.80. The quantitative estimate of drug-likeness (QED) is 0.575. The number of esters is 1. The van der Waals surface area contributed by atoms with Crippen LogP contribution in [0.25, 0.3) is 0 Å². The topological polar surface area (TPSA) is 43.4 Å². The van der Waals surface area contributed by atoms with Gasteiger partial charge in [0.15, 0.2) is 5.78 Å². The summed E-state index contributed by atoms with van der Waals surface area (Å²) in [5.74, 6) is -0.616. The van der Waals surface area contributed by atoms with E-state index in [4.69, 9.17) is 0 Å². The molecule has 3 heteroatoms. The summed E-state index contributed by atoms with van der Waals surface area (Å²) >= 11 is 0. The first-order valence-corrected chi connectivity index (χ1v) is 5.32. The fraction of sp³-hybridized carbons (Fsp3) is 0.385. The number of ether oxygens (including phenoxy) is 1. The Balaban J connectivity index is 2.05. The van der Waals surface area contributed by atoms with E-state index >= 15 is 0 Å². The summed E-state index contributed by atoms with van der Waals surface area (Å²) in [5, 5.41) is 0. The molecule has 3 nitrogen and oxygen atoms in total. The summed E-state index contributed by atoms with van der Waals surface area (Å²) in [7, 11) is 1.36. The molecule has 1 aliphatic carbocycles. The van der Waals surface area contributed by atoms with Gasteiger partial charge in [0.05, 0.1) is 13.0 Å². The smallest absolute Gasteiger partial charge is 0.309 e. The second kappa shape index (κ2) is 4.08. The van der Waals surface area contributed by atoms with Crippen molar-refractivity contribution < 1.29 is 14.3 Å². The minimum atomic E-state index is -0.273. The maximum Gasteiger partial charge on any atom is 0.309 e. The van der Waals surface area contributed by atoms with Crippen LogP contribution in [-0.2, 0) is 9.53 Å². The van der Waals surface area contributed by atoms with E-state index in [0.29, 0.717) is 12.0 Å². The minimum absolute atomic E-state index is 0.0513. The second-order valence-corrected chi connectivity index (χ2v) is 4.20. The zero-order valence-corrected chi connectivity index (χ0v) is 9.40. The molecule has 1 aliphatic rings. The first-order chi connectivity index (χ1) is 7.63. The van der Waals surface area contributed by atoms with Gasteiger partial charge in [0.1, 0.15) is 0 Å². The van der Waals surface area contributed by atoms with Gasteiger partial charge in [0, 0.05) is 11.5 Å². The molecule has 2 rings (SSSR count). The van der Waals surface area contributed by atoms with Crippen LogP contribution in [0, 0.1) is 18.8 Å². The molecular formula is C13H14O3. The standard InChI is InChI=1S/C13H14O3/c1-8-3-5-9(6-4-8)12(14)10-7-11(10)13(15)16-2/h3-6,10-11H,7H2,1-2H3/t10-,11-/m1/s1. The van der Waals surface area contributed by atoms with Gasteiger partial charge in [-0.25, -0.2) is 0 Å². The van der Waals surface area contributed by atoms with Crippen LogP contribution in [-0.4, -0.2) is 18.9 Å². The van der Waals surface area contributed by atoms with Crippen LogP contribution in [0.2, 0.25) is 0 Å². The Morgan fingerprint density at radius 2 is 1.81 bits per heavy atom. The highest BCUT2D eigenvalue weighted by Crippen LogP contribution is 2.41. The zero-order chi connectivity index (χ0) is 11.7. The number of aryl methyl sites for hydroxylation is 1. The number of methoxy groups -OCH3 is 1. The number of ketones is 1. The molecule has 0 aliphatic heterocycles. The Labute approximate surface area is 94.4 Å². The number of hydrogen-bond acceptors (Lipinski definition) is 3. The first kappa shape index (κ1) is 10.9. The molecule has 1 saturated carbocycles. The molecule has 0 radical (unpaired) electrons. The van der Waals surface area contributed by atoms with Crippen molar-refractivity contribution in [1.82, 2.24) is 0 Å². The Bertz CT molecular complexity index is 419. The summed E-state index contributed by atoms with van der Waals surface area (Å²) < 4.78 is 4.62. The first-order valence-electron chi connectivity index (χ1n) is 5.32. The van der Waals surface area contributed by atoms with E-state index in [2.05, 4.69) is 4.74 Å². The summed E-state index contributed by atoms with van der Waals surface area (Å²) in [6.07, 6.45) is 0.624. The van der Waals surface area contributed by atoms with Crippen molar-refractivity contribution in [2.45, 2.75) is 13.3 Å². The van der Waals surface area contributed by atoms with Crippen LogP contribution >= 0.6 is 0 Å². The van der Waals surface area contributed by atoms with E-state index in [1.807, 2.05) is 31.2 Å². The van der Waals surface area contributed by atoms with Gasteiger partial charge in [-0.1, -0.05) is 29.8 Å². The van der Waals surface area contributed by atoms with Crippen LogP contribution < -0.4 is 0 Å². The van der Waals surface area contributed by atoms with Gasteiger partial charge in [-0.3, -0.25) is 9.59 Å². The van der Waals surface area contributed by atoms with Crippen molar-refractivity contribution >= 4 is 11.8 Å². The summed E-state index contributed by atoms with van der Waals surface area (Å²) in [6.45, 7) is 1.97. The fourth-order valence-corrected chi connectivity index (χ4v) is 1.83. The Kier molecular flexibility index (Phi) is 2.77. The van der Waals surface area contributed by atoms with Crippen molar-refractivity contribution in [3.8, 4) is 0 Å². The highest BCUT2D eigenvalue weighted by Gasteiger charge is 2.48. The lowest BCUT2D eigenvalue weighted by Gasteiger charge is -2.00. The molecule has 1 aromatic carbocycles. The average Bonchev–Trinajstić information content (AvgIpc) is 3.08. The van der Waals surface area contributed by atoms with Crippen LogP contribution in [0.4, 0.5) is 0 Å². The number of hydrogen-bond donors (Lipinski definition) is 0. The molecule has 0 N–H and O–H groups in total. The second-order valence-electron chi connectivity index (χ2n) is 4.20. The number of benzene rings is 1. The van der Waals surface area contributed by atoms with Crippen molar-refractivity contribution in [3.05, 3.63) is 35.4 Å². The lowest BCUT2D eigenvalue weighted by atomic mass is 10.0. The predicted molar refractivity (Wildman–Crippen MR) is 59.1 cm³/mol. The van der Waals surface area contributed by atoms with Crippen molar-refractivity contribution in [1.29, 1.82) is 0 Å². The average molecular weight is 218 g/mol. The maximum atomic E-state index is 11.9. The lowest BCUT2D eigenvalue weighted by molar-refractivity contribution is -0.142. The van der Waals surface area contributed by atoms with Gasteiger partial charge in [-0.05, 0) is 13.3 Å². The number of rotatable bonds is 3. The number of carbonyl (C=O) groups excluding carboxylic acids is 2. The Hall–Kier alpha value is -1.64. The summed E-state index contributed by atoms with van der Waals surface area (Å²) in [6, 6.07) is 7.43. The molecule has 0 unspecified atom stereocenters. The molecule has 1 fully saturated rings. The van der Waals surface area contributed by atoms with E-state index in [-0.39, 0.29) is 23.6 Å². The molecule has 16 heavy (non-hydrogen) atoms. The predicted octanol–water partition coefficient (Wildman–Crippen LogP) is 1.99. The van der Waals surface area contributed by atoms with Gasteiger partial charge >= 0.3 is 5.97 Å². The third kappa shape index (κ3) is 1.98. The van der Waals surface area contributed by atoms with Crippen molar-refractivity contribution in [2.24, 2.45) is 11.8 Å². The van der Waals surface area contributed by atoms with Gasteiger partial charge in [0.25, 0.3) is 0 Å². The van der Waals surface area contributed by atoms with E-state index in [1.165, 1.54) is 7.11 Å². The molecule has 0 spiro atoms. The number of Topliss-reactive ketones (excluding diaryl/α,β-unsaturated/α-hetero) is 1. The van der Waals surface area contributed by atoms with Crippen LogP contribution in [0.1, 0.15) is 22.3 Å². The molecule has 0 aromatic heterocycles. The normalized spacial score (nSPS) is 22.6. The minimum Gasteiger partial charge on any atom is -0.469 e. The number of carbonyl (C=O) groups is 2. The molecule has 0 saturated heterocycles. The highest BCUT2D eigenvalue weighted by atomic mass is 16.5. The van der Waals surface area contributed by atoms with Crippen LogP contribution in [0.15, 0.2) is 24.3 Å². The van der Waals surface area contributed by atoms with Gasteiger partial charge < -0.3 is 4.74 Å². The molecule has 1 aromatic rings. The molecule has 2 atom stereocenters. The van der Waals surface area contributed by atoms with Crippen molar-refractivity contribution in [3.63, 3.8) is 0 Å². The fourth-order valence-electron chi connectivity index (χ4n) is 1.83. The van der Waals surface area contributed by atoms with E-state index in [0.717, 1.165) is 5.56 Å². The third-order valence-electron chi connectivity index (χ3n) is 2.97. The largest absolute Gasteiger partial charge is 0.469 e. The van der Waals surface area contributed by atoms with Crippen molar-refractivity contribution in [2.75, 3.05) is 7.11 Å². The maximum absolute atomic E-state index is 11.9. The van der Waals surface area contributed by atoms with Crippen LogP contribution in [0.5, 0.6) is 0 Å². The van der Waals surface area contributed by atoms with E-state index in [9.17, 15) is 9.59 Å². The highest BCUT2D eigenvalue weighted by molar-refractivity contribution is 6.02. The monoisotopic (exact) mass is 218 g/mol. The zero-order valence-electron chi connectivity index (χ0n) is 9.40. The van der Waals surface area contributed by atoms with E-state index < -0.39 is 0 Å². The van der Waals surface area contributed by atoms with Gasteiger partial charge in [-0.2, -0.15) is 0 Å². The summed E-state index contributed by atoms with van der Waals surface area (Å²) in [4.78, 5) is 23.1. The molecule has 0 bridgehead atoms. The SMILES string of the molecule is COC(=O)[C@@H]1C[C@H]1C(=O)c1ccc(C)cc1. The van der Waals surface area contributed by atoms with E-state index in [1.54, 1.807) is 0 Å². The lowest BCUT2D eigenvalue weighted by Crippen LogP contribution is -2.10. The van der Waals surface area contributed by atoms with Crippen LogP contribution in [0.3, 0.4) is 0 Å². The molecule has 0 heterocycles. The molecule has 0 amide bonds.